The van der Waals surface area contributed by atoms with Gasteiger partial charge in [-0.3, -0.25) is 14.5 Å². The summed E-state index contributed by atoms with van der Waals surface area (Å²) in [5.74, 6) is 0.0308. The van der Waals surface area contributed by atoms with E-state index >= 15 is 0 Å². The number of anilines is 2. The van der Waals surface area contributed by atoms with Crippen molar-refractivity contribution in [3.63, 3.8) is 0 Å². The molecule has 0 saturated heterocycles. The average molecular weight is 396 g/mol. The number of aryl methyl sites for hydroxylation is 2. The van der Waals surface area contributed by atoms with Crippen LogP contribution in [0.1, 0.15) is 39.9 Å². The van der Waals surface area contributed by atoms with Crippen molar-refractivity contribution >= 4 is 40.2 Å². The van der Waals surface area contributed by atoms with Crippen LogP contribution in [-0.2, 0) is 4.79 Å². The van der Waals surface area contributed by atoms with E-state index in [4.69, 9.17) is 4.42 Å². The highest BCUT2D eigenvalue weighted by Gasteiger charge is 2.20. The number of carbonyl (C=O) groups is 2. The van der Waals surface area contributed by atoms with Gasteiger partial charge in [0.25, 0.3) is 5.91 Å². The molecule has 1 N–H and O–H groups in total. The molecule has 3 aromatic rings. The number of rotatable bonds is 5. The first-order valence-corrected chi connectivity index (χ1v) is 9.46. The van der Waals surface area contributed by atoms with Crippen LogP contribution in [0.2, 0.25) is 0 Å². The smallest absolute Gasteiger partial charge is 0.274 e. The van der Waals surface area contributed by atoms with Gasteiger partial charge in [-0.25, -0.2) is 10.4 Å². The van der Waals surface area contributed by atoms with Crippen LogP contribution in [0.5, 0.6) is 0 Å². The lowest BCUT2D eigenvalue weighted by atomic mass is 10.1. The summed E-state index contributed by atoms with van der Waals surface area (Å²) < 4.78 is 5.10. The van der Waals surface area contributed by atoms with E-state index in [0.717, 1.165) is 16.8 Å². The summed E-state index contributed by atoms with van der Waals surface area (Å²) in [6.07, 6.45) is 2.89. The predicted molar refractivity (Wildman–Crippen MR) is 109 cm³/mol. The fourth-order valence-electron chi connectivity index (χ4n) is 2.66. The molecule has 0 bridgehead atoms. The van der Waals surface area contributed by atoms with Gasteiger partial charge in [0.1, 0.15) is 5.76 Å². The van der Waals surface area contributed by atoms with Gasteiger partial charge in [-0.15, -0.1) is 11.3 Å². The lowest BCUT2D eigenvalue weighted by Crippen LogP contribution is -2.23. The molecular weight excluding hydrogens is 376 g/mol. The SMILES string of the molecule is CC(=O)N(c1nc(/C=N\NC(=O)c2ccoc2C)cs1)c1cccc(C)c1C. The molecule has 0 radical (unpaired) electrons. The van der Waals surface area contributed by atoms with Crippen molar-refractivity contribution in [3.05, 3.63) is 64.1 Å². The standard InChI is InChI=1S/C20H20N4O3S/c1-12-6-5-7-18(13(12)2)24(15(4)25)20-22-16(11-28-20)10-21-23-19(26)17-8-9-27-14(17)3/h5-11H,1-4H3,(H,23,26)/b21-10-. The number of benzene rings is 1. The highest BCUT2D eigenvalue weighted by Crippen LogP contribution is 2.32. The molecule has 7 nitrogen and oxygen atoms in total. The summed E-state index contributed by atoms with van der Waals surface area (Å²) in [5.41, 5.74) is 6.32. The summed E-state index contributed by atoms with van der Waals surface area (Å²) >= 11 is 1.33. The minimum absolute atomic E-state index is 0.129. The first-order chi connectivity index (χ1) is 13.4. The Kier molecular flexibility index (Phi) is 5.70. The van der Waals surface area contributed by atoms with E-state index < -0.39 is 0 Å². The number of carbonyl (C=O) groups excluding carboxylic acids is 2. The normalized spacial score (nSPS) is 11.0. The van der Waals surface area contributed by atoms with Crippen LogP contribution in [-0.4, -0.2) is 23.0 Å². The second kappa shape index (κ2) is 8.18. The van der Waals surface area contributed by atoms with E-state index in [0.29, 0.717) is 22.1 Å². The van der Waals surface area contributed by atoms with Gasteiger partial charge in [0.15, 0.2) is 5.13 Å². The highest BCUT2D eigenvalue weighted by atomic mass is 32.1. The van der Waals surface area contributed by atoms with Crippen LogP contribution in [0.3, 0.4) is 0 Å². The van der Waals surface area contributed by atoms with Gasteiger partial charge < -0.3 is 4.42 Å². The maximum absolute atomic E-state index is 12.3. The number of furan rings is 1. The zero-order valence-electron chi connectivity index (χ0n) is 16.0. The molecule has 8 heteroatoms. The van der Waals surface area contributed by atoms with Crippen molar-refractivity contribution in [2.45, 2.75) is 27.7 Å². The zero-order chi connectivity index (χ0) is 20.3. The van der Waals surface area contributed by atoms with Crippen LogP contribution < -0.4 is 10.3 Å². The number of amides is 2. The number of hydrazone groups is 1. The van der Waals surface area contributed by atoms with Crippen LogP contribution in [0.4, 0.5) is 10.8 Å². The molecule has 2 aromatic heterocycles. The van der Waals surface area contributed by atoms with Crippen LogP contribution >= 0.6 is 11.3 Å². The average Bonchev–Trinajstić information content (AvgIpc) is 3.28. The minimum atomic E-state index is -0.362. The second-order valence-corrected chi connectivity index (χ2v) is 7.05. The Morgan fingerprint density at radius 2 is 2.04 bits per heavy atom. The quantitative estimate of drug-likeness (QED) is 0.519. The van der Waals surface area contributed by atoms with Crippen molar-refractivity contribution in [2.24, 2.45) is 5.10 Å². The molecular formula is C20H20N4O3S. The van der Waals surface area contributed by atoms with E-state index in [1.54, 1.807) is 23.3 Å². The van der Waals surface area contributed by atoms with Gasteiger partial charge in [0.05, 0.1) is 29.4 Å². The molecule has 2 amide bonds. The molecule has 0 unspecified atom stereocenters. The lowest BCUT2D eigenvalue weighted by Gasteiger charge is -2.21. The number of nitrogens with zero attached hydrogens (tertiary/aromatic N) is 3. The Labute approximate surface area is 166 Å². The first-order valence-electron chi connectivity index (χ1n) is 8.58. The molecule has 0 aliphatic heterocycles. The summed E-state index contributed by atoms with van der Waals surface area (Å²) in [4.78, 5) is 30.3. The van der Waals surface area contributed by atoms with Gasteiger partial charge in [0.2, 0.25) is 5.91 Å². The summed E-state index contributed by atoms with van der Waals surface area (Å²) in [7, 11) is 0. The minimum Gasteiger partial charge on any atom is -0.469 e. The molecule has 0 atom stereocenters. The Hall–Kier alpha value is -3.26. The largest absolute Gasteiger partial charge is 0.469 e. The number of hydrogen-bond donors (Lipinski definition) is 1. The lowest BCUT2D eigenvalue weighted by molar-refractivity contribution is -0.115. The fraction of sp³-hybridized carbons (Fsp3) is 0.200. The Morgan fingerprint density at radius 3 is 2.71 bits per heavy atom. The van der Waals surface area contributed by atoms with Gasteiger partial charge in [-0.05, 0) is 44.0 Å². The fourth-order valence-corrected chi connectivity index (χ4v) is 3.49. The molecule has 0 aliphatic rings. The third-order valence-corrected chi connectivity index (χ3v) is 5.14. The topological polar surface area (TPSA) is 87.8 Å². The van der Waals surface area contributed by atoms with Gasteiger partial charge in [-0.2, -0.15) is 5.10 Å². The maximum Gasteiger partial charge on any atom is 0.274 e. The van der Waals surface area contributed by atoms with Crippen molar-refractivity contribution in [1.82, 2.24) is 10.4 Å². The van der Waals surface area contributed by atoms with E-state index in [9.17, 15) is 9.59 Å². The van der Waals surface area contributed by atoms with Gasteiger partial charge in [0, 0.05) is 12.3 Å². The third kappa shape index (κ3) is 4.01. The van der Waals surface area contributed by atoms with Crippen LogP contribution in [0, 0.1) is 20.8 Å². The van der Waals surface area contributed by atoms with Crippen molar-refractivity contribution in [1.29, 1.82) is 0 Å². The van der Waals surface area contributed by atoms with Crippen molar-refractivity contribution in [2.75, 3.05) is 4.90 Å². The van der Waals surface area contributed by atoms with E-state index in [2.05, 4.69) is 15.5 Å². The molecule has 28 heavy (non-hydrogen) atoms. The van der Waals surface area contributed by atoms with Crippen LogP contribution in [0.15, 0.2) is 45.4 Å². The Balaban J connectivity index is 1.78. The molecule has 3 rings (SSSR count). The highest BCUT2D eigenvalue weighted by molar-refractivity contribution is 7.14. The third-order valence-electron chi connectivity index (χ3n) is 4.30. The Bertz CT molecular complexity index is 1050. The zero-order valence-corrected chi connectivity index (χ0v) is 16.8. The monoisotopic (exact) mass is 396 g/mol. The van der Waals surface area contributed by atoms with Gasteiger partial charge in [-0.1, -0.05) is 12.1 Å². The first kappa shape index (κ1) is 19.5. The number of hydrogen-bond acceptors (Lipinski definition) is 6. The van der Waals surface area contributed by atoms with Crippen molar-refractivity contribution < 1.29 is 14.0 Å². The molecule has 2 heterocycles. The molecule has 1 aromatic carbocycles. The Morgan fingerprint density at radius 1 is 1.25 bits per heavy atom. The summed E-state index contributed by atoms with van der Waals surface area (Å²) in [6.45, 7) is 7.19. The molecule has 0 fully saturated rings. The summed E-state index contributed by atoms with van der Waals surface area (Å²) in [6, 6.07) is 7.39. The van der Waals surface area contributed by atoms with Crippen LogP contribution in [0.25, 0.3) is 0 Å². The molecule has 0 aliphatic carbocycles. The molecule has 0 saturated carbocycles. The maximum atomic E-state index is 12.3. The van der Waals surface area contributed by atoms with E-state index in [-0.39, 0.29) is 11.8 Å². The number of aromatic nitrogens is 1. The summed E-state index contributed by atoms with van der Waals surface area (Å²) in [5, 5.41) is 6.25. The van der Waals surface area contributed by atoms with Crippen molar-refractivity contribution in [3.8, 4) is 0 Å². The van der Waals surface area contributed by atoms with Gasteiger partial charge >= 0.3 is 0 Å². The predicted octanol–water partition coefficient (Wildman–Crippen LogP) is 4.11. The van der Waals surface area contributed by atoms with E-state index in [1.807, 2.05) is 32.0 Å². The molecule has 144 valence electrons. The number of thiazole rings is 1. The molecule has 0 spiro atoms. The number of nitrogens with one attached hydrogen (secondary N) is 1. The second-order valence-electron chi connectivity index (χ2n) is 6.22. The van der Waals surface area contributed by atoms with E-state index in [1.165, 1.54) is 30.7 Å².